The molecule has 20 heavy (non-hydrogen) atoms. The van der Waals surface area contributed by atoms with E-state index in [9.17, 15) is 9.59 Å². The average molecular weight is 283 g/mol. The molecule has 1 aliphatic carbocycles. The summed E-state index contributed by atoms with van der Waals surface area (Å²) in [5.41, 5.74) is -0.154. The van der Waals surface area contributed by atoms with Gasteiger partial charge in [-0.15, -0.1) is 0 Å². The molecule has 0 aromatic heterocycles. The van der Waals surface area contributed by atoms with Crippen LogP contribution < -0.4 is 0 Å². The van der Waals surface area contributed by atoms with E-state index in [1.165, 1.54) is 0 Å². The molecule has 1 saturated carbocycles. The van der Waals surface area contributed by atoms with Gasteiger partial charge >= 0.3 is 5.97 Å². The number of amides is 1. The van der Waals surface area contributed by atoms with Crippen LogP contribution in [-0.2, 0) is 14.3 Å². The predicted octanol–water partition coefficient (Wildman–Crippen LogP) is 1.90. The molecule has 2 atom stereocenters. The van der Waals surface area contributed by atoms with Crippen LogP contribution in [0.15, 0.2) is 0 Å². The Morgan fingerprint density at radius 1 is 1.05 bits per heavy atom. The van der Waals surface area contributed by atoms with E-state index in [0.29, 0.717) is 25.9 Å². The first kappa shape index (κ1) is 15.3. The Hall–Kier alpha value is -1.10. The van der Waals surface area contributed by atoms with Gasteiger partial charge in [0.1, 0.15) is 0 Å². The highest BCUT2D eigenvalue weighted by molar-refractivity contribution is 5.86. The van der Waals surface area contributed by atoms with Gasteiger partial charge < -0.3 is 14.7 Å². The number of aliphatic carboxylic acids is 1. The second-order valence-electron chi connectivity index (χ2n) is 6.88. The smallest absolute Gasteiger partial charge is 0.307 e. The van der Waals surface area contributed by atoms with E-state index >= 15 is 0 Å². The van der Waals surface area contributed by atoms with Gasteiger partial charge in [-0.2, -0.15) is 0 Å². The summed E-state index contributed by atoms with van der Waals surface area (Å²) in [6.45, 7) is 7.48. The molecular weight excluding hydrogens is 258 g/mol. The van der Waals surface area contributed by atoms with Gasteiger partial charge in [0.25, 0.3) is 0 Å². The van der Waals surface area contributed by atoms with Gasteiger partial charge in [0.2, 0.25) is 5.91 Å². The van der Waals surface area contributed by atoms with Gasteiger partial charge in [0, 0.05) is 13.1 Å². The first-order valence-corrected chi connectivity index (χ1v) is 7.47. The highest BCUT2D eigenvalue weighted by atomic mass is 16.5. The van der Waals surface area contributed by atoms with E-state index in [-0.39, 0.29) is 23.5 Å². The number of piperidine rings is 1. The summed E-state index contributed by atoms with van der Waals surface area (Å²) in [5, 5.41) is 9.03. The number of ether oxygens (including phenoxy) is 1. The van der Waals surface area contributed by atoms with E-state index in [1.54, 1.807) is 0 Å². The Bertz CT molecular complexity index is 380. The standard InChI is InChI=1S/C15H25NO4/c1-15(2,3)20-10-6-8-16(9-7-10)13(17)11-4-5-12(11)14(18)19/h10-12H,4-9H2,1-3H3,(H,18,19). The van der Waals surface area contributed by atoms with Crippen molar-refractivity contribution in [1.29, 1.82) is 0 Å². The summed E-state index contributed by atoms with van der Waals surface area (Å²) in [6.07, 6.45) is 3.24. The summed E-state index contributed by atoms with van der Waals surface area (Å²) in [7, 11) is 0. The van der Waals surface area contributed by atoms with Crippen LogP contribution in [0.3, 0.4) is 0 Å². The fourth-order valence-electron chi connectivity index (χ4n) is 3.02. The van der Waals surface area contributed by atoms with E-state index in [4.69, 9.17) is 9.84 Å². The Labute approximate surface area is 120 Å². The Morgan fingerprint density at radius 2 is 1.60 bits per heavy atom. The van der Waals surface area contributed by atoms with Gasteiger partial charge in [-0.1, -0.05) is 0 Å². The Morgan fingerprint density at radius 3 is 2.00 bits per heavy atom. The van der Waals surface area contributed by atoms with Crippen molar-refractivity contribution in [3.63, 3.8) is 0 Å². The molecule has 2 fully saturated rings. The van der Waals surface area contributed by atoms with Crippen LogP contribution in [0.5, 0.6) is 0 Å². The molecule has 0 bridgehead atoms. The van der Waals surface area contributed by atoms with Crippen molar-refractivity contribution in [2.75, 3.05) is 13.1 Å². The van der Waals surface area contributed by atoms with Crippen molar-refractivity contribution in [1.82, 2.24) is 4.90 Å². The van der Waals surface area contributed by atoms with E-state index in [0.717, 1.165) is 12.8 Å². The molecule has 0 spiro atoms. The van der Waals surface area contributed by atoms with Crippen LogP contribution in [0.1, 0.15) is 46.5 Å². The van der Waals surface area contributed by atoms with E-state index in [1.807, 2.05) is 25.7 Å². The maximum Gasteiger partial charge on any atom is 0.307 e. The summed E-state index contributed by atoms with van der Waals surface area (Å²) in [4.78, 5) is 25.1. The molecule has 5 nitrogen and oxygen atoms in total. The monoisotopic (exact) mass is 283 g/mol. The van der Waals surface area contributed by atoms with Crippen LogP contribution in [0, 0.1) is 11.8 Å². The molecule has 2 aliphatic rings. The number of likely N-dealkylation sites (tertiary alicyclic amines) is 1. The van der Waals surface area contributed by atoms with Crippen molar-refractivity contribution >= 4 is 11.9 Å². The van der Waals surface area contributed by atoms with Crippen LogP contribution >= 0.6 is 0 Å². The van der Waals surface area contributed by atoms with E-state index in [2.05, 4.69) is 0 Å². The zero-order chi connectivity index (χ0) is 14.9. The number of carbonyl (C=O) groups is 2. The van der Waals surface area contributed by atoms with Gasteiger partial charge in [0.05, 0.1) is 23.5 Å². The number of rotatable bonds is 3. The number of nitrogens with zero attached hydrogens (tertiary/aromatic N) is 1. The van der Waals surface area contributed by atoms with Crippen molar-refractivity contribution in [3.05, 3.63) is 0 Å². The molecule has 0 aromatic rings. The maximum absolute atomic E-state index is 12.3. The molecule has 2 rings (SSSR count). The SMILES string of the molecule is CC(C)(C)OC1CCN(C(=O)C2CCC2C(=O)O)CC1. The van der Waals surface area contributed by atoms with Crippen molar-refractivity contribution in [3.8, 4) is 0 Å². The number of carbonyl (C=O) groups excluding carboxylic acids is 1. The van der Waals surface area contributed by atoms with Gasteiger partial charge in [-0.05, 0) is 46.5 Å². The lowest BCUT2D eigenvalue weighted by molar-refractivity contribution is -0.158. The third-order valence-electron chi connectivity index (χ3n) is 4.18. The van der Waals surface area contributed by atoms with E-state index < -0.39 is 11.9 Å². The van der Waals surface area contributed by atoms with Gasteiger partial charge in [-0.3, -0.25) is 9.59 Å². The molecule has 1 aliphatic heterocycles. The topological polar surface area (TPSA) is 66.8 Å². The third-order valence-corrected chi connectivity index (χ3v) is 4.18. The molecule has 1 saturated heterocycles. The maximum atomic E-state index is 12.3. The number of carboxylic acids is 1. The van der Waals surface area contributed by atoms with Gasteiger partial charge in [-0.25, -0.2) is 0 Å². The summed E-state index contributed by atoms with van der Waals surface area (Å²) in [6, 6.07) is 0. The zero-order valence-corrected chi connectivity index (χ0v) is 12.6. The molecule has 0 radical (unpaired) electrons. The fourth-order valence-corrected chi connectivity index (χ4v) is 3.02. The fraction of sp³-hybridized carbons (Fsp3) is 0.867. The quantitative estimate of drug-likeness (QED) is 0.859. The number of carboxylic acid groups (broad SMARTS) is 1. The Balaban J connectivity index is 1.82. The molecule has 5 heteroatoms. The summed E-state index contributed by atoms with van der Waals surface area (Å²) < 4.78 is 5.93. The predicted molar refractivity (Wildman–Crippen MR) is 74.3 cm³/mol. The second-order valence-corrected chi connectivity index (χ2v) is 6.88. The molecule has 2 unspecified atom stereocenters. The molecule has 1 amide bonds. The van der Waals surface area contributed by atoms with Crippen LogP contribution in [-0.4, -0.2) is 46.7 Å². The molecule has 1 heterocycles. The minimum atomic E-state index is -0.833. The molecule has 114 valence electrons. The van der Waals surface area contributed by atoms with Crippen LogP contribution in [0.4, 0.5) is 0 Å². The summed E-state index contributed by atoms with van der Waals surface area (Å²) in [5.74, 6) is -1.57. The molecular formula is C15H25NO4. The summed E-state index contributed by atoms with van der Waals surface area (Å²) >= 11 is 0. The number of hydrogen-bond donors (Lipinski definition) is 1. The van der Waals surface area contributed by atoms with Crippen molar-refractivity contribution < 1.29 is 19.4 Å². The van der Waals surface area contributed by atoms with Crippen LogP contribution in [0.2, 0.25) is 0 Å². The van der Waals surface area contributed by atoms with Crippen molar-refractivity contribution in [2.45, 2.75) is 58.2 Å². The largest absolute Gasteiger partial charge is 0.481 e. The van der Waals surface area contributed by atoms with Crippen molar-refractivity contribution in [2.24, 2.45) is 11.8 Å². The highest BCUT2D eigenvalue weighted by Gasteiger charge is 2.43. The number of hydrogen-bond acceptors (Lipinski definition) is 3. The van der Waals surface area contributed by atoms with Gasteiger partial charge in [0.15, 0.2) is 0 Å². The lowest BCUT2D eigenvalue weighted by atomic mass is 9.72. The minimum absolute atomic E-state index is 0.0258. The molecule has 1 N–H and O–H groups in total. The first-order valence-electron chi connectivity index (χ1n) is 7.47. The second kappa shape index (κ2) is 5.72. The Kier molecular flexibility index (Phi) is 4.37. The molecule has 0 aromatic carbocycles. The lowest BCUT2D eigenvalue weighted by Gasteiger charge is -2.40. The third kappa shape index (κ3) is 3.51. The highest BCUT2D eigenvalue weighted by Crippen LogP contribution is 2.36. The normalized spacial score (nSPS) is 28.1. The minimum Gasteiger partial charge on any atom is -0.481 e. The van der Waals surface area contributed by atoms with Crippen LogP contribution in [0.25, 0.3) is 0 Å². The first-order chi connectivity index (χ1) is 9.28. The average Bonchev–Trinajstić information content (AvgIpc) is 2.25. The zero-order valence-electron chi connectivity index (χ0n) is 12.6. The lowest BCUT2D eigenvalue weighted by Crippen LogP contribution is -2.49.